The Kier molecular flexibility index (Phi) is 5.72. The Labute approximate surface area is 165 Å². The van der Waals surface area contributed by atoms with Crippen molar-refractivity contribution >= 4 is 11.9 Å². The number of nitrogens with zero attached hydrogens (tertiary/aromatic N) is 1. The second-order valence-corrected chi connectivity index (χ2v) is 7.59. The minimum Gasteiger partial charge on any atom is -0.445 e. The molecule has 2 bridgehead atoms. The van der Waals surface area contributed by atoms with Gasteiger partial charge in [0.2, 0.25) is 0 Å². The highest BCUT2D eigenvalue weighted by Crippen LogP contribution is 2.35. The maximum atomic E-state index is 12.7. The van der Waals surface area contributed by atoms with Crippen molar-refractivity contribution < 1.29 is 19.1 Å². The van der Waals surface area contributed by atoms with Gasteiger partial charge >= 0.3 is 6.09 Å². The number of ketones is 1. The van der Waals surface area contributed by atoms with E-state index in [2.05, 4.69) is 0 Å². The van der Waals surface area contributed by atoms with Gasteiger partial charge in [-0.2, -0.15) is 0 Å². The monoisotopic (exact) mass is 379 g/mol. The lowest BCUT2D eigenvalue weighted by Crippen LogP contribution is -2.58. The number of Topliss-reactive ketones (excluding diaryl/α,β-unsaturated/α-hetero) is 1. The fourth-order valence-corrected chi connectivity index (χ4v) is 4.22. The summed E-state index contributed by atoms with van der Waals surface area (Å²) in [7, 11) is 0. The Hall–Kier alpha value is -2.66. The third-order valence-corrected chi connectivity index (χ3v) is 5.53. The number of hydrogen-bond donors (Lipinski definition) is 0. The van der Waals surface area contributed by atoms with Crippen molar-refractivity contribution in [3.8, 4) is 0 Å². The zero-order valence-electron chi connectivity index (χ0n) is 15.8. The van der Waals surface area contributed by atoms with Crippen molar-refractivity contribution in [2.45, 2.75) is 57.1 Å². The molecule has 0 saturated carbocycles. The van der Waals surface area contributed by atoms with Gasteiger partial charge < -0.3 is 14.4 Å². The molecule has 5 nitrogen and oxygen atoms in total. The van der Waals surface area contributed by atoms with Crippen LogP contribution in [0.1, 0.15) is 36.8 Å². The van der Waals surface area contributed by atoms with Crippen LogP contribution in [-0.2, 0) is 27.5 Å². The van der Waals surface area contributed by atoms with E-state index in [0.29, 0.717) is 32.3 Å². The summed E-state index contributed by atoms with van der Waals surface area (Å²) in [5, 5.41) is 0. The fourth-order valence-electron chi connectivity index (χ4n) is 4.22. The van der Waals surface area contributed by atoms with Gasteiger partial charge in [0.25, 0.3) is 0 Å². The van der Waals surface area contributed by atoms with Crippen LogP contribution in [0, 0.1) is 0 Å². The smallest absolute Gasteiger partial charge is 0.410 e. The van der Waals surface area contributed by atoms with Crippen LogP contribution in [-0.4, -0.2) is 35.0 Å². The van der Waals surface area contributed by atoms with E-state index in [4.69, 9.17) is 9.47 Å². The van der Waals surface area contributed by atoms with Crippen molar-refractivity contribution in [2.75, 3.05) is 0 Å². The molecule has 2 heterocycles. The van der Waals surface area contributed by atoms with Crippen LogP contribution >= 0.6 is 0 Å². The van der Waals surface area contributed by atoms with Gasteiger partial charge in [-0.05, 0) is 24.0 Å². The van der Waals surface area contributed by atoms with Gasteiger partial charge in [-0.3, -0.25) is 4.79 Å². The second-order valence-electron chi connectivity index (χ2n) is 7.59. The standard InChI is InChI=1S/C23H25NO4/c25-21-11-19-13-22(27-15-17-7-3-1-4-8-17)14-20(12-21)24(19)23(26)28-16-18-9-5-2-6-10-18/h1-10,19-20,22H,11-16H2/t19-,20+,22?. The molecule has 0 spiro atoms. The zero-order chi connectivity index (χ0) is 19.3. The summed E-state index contributed by atoms with van der Waals surface area (Å²) in [5.41, 5.74) is 2.09. The minimum atomic E-state index is -0.326. The first-order chi connectivity index (χ1) is 13.7. The maximum Gasteiger partial charge on any atom is 0.410 e. The van der Waals surface area contributed by atoms with E-state index in [1.165, 1.54) is 0 Å². The number of hydrogen-bond acceptors (Lipinski definition) is 4. The molecular formula is C23H25NO4. The SMILES string of the molecule is O=C1C[C@@H]2CC(OCc3ccccc3)C[C@H](C1)N2C(=O)OCc1ccccc1. The largest absolute Gasteiger partial charge is 0.445 e. The molecule has 2 fully saturated rings. The number of rotatable bonds is 5. The van der Waals surface area contributed by atoms with Crippen LogP contribution in [0.4, 0.5) is 4.79 Å². The van der Waals surface area contributed by atoms with E-state index in [9.17, 15) is 9.59 Å². The first-order valence-electron chi connectivity index (χ1n) is 9.85. The Morgan fingerprint density at radius 1 is 0.857 bits per heavy atom. The summed E-state index contributed by atoms with van der Waals surface area (Å²) in [6.45, 7) is 0.800. The number of carbonyl (C=O) groups is 2. The number of piperidine rings is 2. The van der Waals surface area contributed by atoms with Crippen LogP contribution in [0.2, 0.25) is 0 Å². The number of benzene rings is 2. The van der Waals surface area contributed by atoms with Gasteiger partial charge in [-0.15, -0.1) is 0 Å². The minimum absolute atomic E-state index is 0.0569. The Morgan fingerprint density at radius 3 is 1.96 bits per heavy atom. The van der Waals surface area contributed by atoms with E-state index >= 15 is 0 Å². The topological polar surface area (TPSA) is 55.8 Å². The molecule has 3 atom stereocenters. The van der Waals surface area contributed by atoms with Gasteiger partial charge in [0.15, 0.2) is 0 Å². The highest BCUT2D eigenvalue weighted by molar-refractivity contribution is 5.83. The molecule has 2 aromatic rings. The molecule has 1 unspecified atom stereocenters. The number of fused-ring (bicyclic) bond motifs is 2. The molecule has 0 N–H and O–H groups in total. The lowest BCUT2D eigenvalue weighted by Gasteiger charge is -2.47. The molecule has 4 rings (SSSR count). The summed E-state index contributed by atoms with van der Waals surface area (Å²) >= 11 is 0. The van der Waals surface area contributed by atoms with E-state index in [1.807, 2.05) is 60.7 Å². The summed E-state index contributed by atoms with van der Waals surface area (Å²) in [6.07, 6.45) is 1.87. The predicted molar refractivity (Wildman–Crippen MR) is 105 cm³/mol. The van der Waals surface area contributed by atoms with Gasteiger partial charge in [-0.1, -0.05) is 60.7 Å². The molecule has 0 radical (unpaired) electrons. The quantitative estimate of drug-likeness (QED) is 0.785. The number of ether oxygens (including phenoxy) is 2. The van der Waals surface area contributed by atoms with Crippen LogP contribution in [0.25, 0.3) is 0 Å². The van der Waals surface area contributed by atoms with Crippen LogP contribution in [0.15, 0.2) is 60.7 Å². The third-order valence-electron chi connectivity index (χ3n) is 5.53. The van der Waals surface area contributed by atoms with Crippen LogP contribution in [0.3, 0.4) is 0 Å². The molecule has 1 amide bonds. The zero-order valence-corrected chi connectivity index (χ0v) is 15.8. The van der Waals surface area contributed by atoms with E-state index in [1.54, 1.807) is 4.90 Å². The first-order valence-corrected chi connectivity index (χ1v) is 9.85. The van der Waals surface area contributed by atoms with E-state index < -0.39 is 0 Å². The molecule has 0 aliphatic carbocycles. The second kappa shape index (κ2) is 8.57. The van der Waals surface area contributed by atoms with Gasteiger partial charge in [-0.25, -0.2) is 4.79 Å². The van der Waals surface area contributed by atoms with Crippen LogP contribution < -0.4 is 0 Å². The summed E-state index contributed by atoms with van der Waals surface area (Å²) in [5.74, 6) is 0.226. The van der Waals surface area contributed by atoms with Gasteiger partial charge in [0, 0.05) is 24.9 Å². The third kappa shape index (κ3) is 4.42. The Bertz CT molecular complexity index is 790. The highest BCUT2D eigenvalue weighted by atomic mass is 16.6. The molecular weight excluding hydrogens is 354 g/mol. The number of carbonyl (C=O) groups excluding carboxylic acids is 2. The van der Waals surface area contributed by atoms with Crippen LogP contribution in [0.5, 0.6) is 0 Å². The average molecular weight is 379 g/mol. The Morgan fingerprint density at radius 2 is 1.39 bits per heavy atom. The normalized spacial score (nSPS) is 24.1. The molecule has 2 aromatic carbocycles. The summed E-state index contributed by atoms with van der Waals surface area (Å²) < 4.78 is 11.6. The highest BCUT2D eigenvalue weighted by Gasteiger charge is 2.44. The molecule has 2 aliphatic rings. The fraction of sp³-hybridized carbons (Fsp3) is 0.391. The van der Waals surface area contributed by atoms with Crippen molar-refractivity contribution in [3.63, 3.8) is 0 Å². The molecule has 0 aromatic heterocycles. The number of amides is 1. The van der Waals surface area contributed by atoms with Crippen molar-refractivity contribution in [1.82, 2.24) is 4.90 Å². The molecule has 2 saturated heterocycles. The molecule has 5 heteroatoms. The van der Waals surface area contributed by atoms with Crippen molar-refractivity contribution in [3.05, 3.63) is 71.8 Å². The lowest BCUT2D eigenvalue weighted by molar-refractivity contribution is -0.130. The van der Waals surface area contributed by atoms with E-state index in [-0.39, 0.29) is 36.7 Å². The summed E-state index contributed by atoms with van der Waals surface area (Å²) in [4.78, 5) is 26.6. The molecule has 28 heavy (non-hydrogen) atoms. The molecule has 2 aliphatic heterocycles. The predicted octanol–water partition coefficient (Wildman–Crippen LogP) is 4.10. The summed E-state index contributed by atoms with van der Waals surface area (Å²) in [6, 6.07) is 19.4. The van der Waals surface area contributed by atoms with Crippen molar-refractivity contribution in [2.24, 2.45) is 0 Å². The lowest BCUT2D eigenvalue weighted by atomic mass is 9.82. The van der Waals surface area contributed by atoms with Gasteiger partial charge in [0.1, 0.15) is 12.4 Å². The maximum absolute atomic E-state index is 12.7. The first kappa shape index (κ1) is 18.7. The van der Waals surface area contributed by atoms with E-state index in [0.717, 1.165) is 11.1 Å². The molecule has 146 valence electrons. The Balaban J connectivity index is 1.36. The van der Waals surface area contributed by atoms with Gasteiger partial charge in [0.05, 0.1) is 12.7 Å². The van der Waals surface area contributed by atoms with Crippen molar-refractivity contribution in [1.29, 1.82) is 0 Å². The average Bonchev–Trinajstić information content (AvgIpc) is 2.71.